The number of halogens is 3. The Balaban J connectivity index is 0.000000331. The van der Waals surface area contributed by atoms with E-state index < -0.39 is 66.3 Å². The number of primary amides is 1. The predicted octanol–water partition coefficient (Wildman–Crippen LogP) is 5.53. The third-order valence-electron chi connectivity index (χ3n) is 8.90. The summed E-state index contributed by atoms with van der Waals surface area (Å²) in [5, 5.41) is 6.48. The van der Waals surface area contributed by atoms with Gasteiger partial charge in [-0.3, -0.25) is 9.59 Å². The zero-order valence-corrected chi connectivity index (χ0v) is 37.2. The van der Waals surface area contributed by atoms with E-state index in [0.717, 1.165) is 0 Å². The molecule has 0 saturated carbocycles. The van der Waals surface area contributed by atoms with Crippen LogP contribution in [0.15, 0.2) is 87.5 Å². The second-order valence-corrected chi connectivity index (χ2v) is 14.6. The Hall–Kier alpha value is -5.88. The monoisotopic (exact) mass is 920 g/mol. The predicted molar refractivity (Wildman–Crippen MR) is 226 cm³/mol. The molecule has 0 aromatic heterocycles. The van der Waals surface area contributed by atoms with Crippen LogP contribution in [0.1, 0.15) is 70.4 Å². The van der Waals surface area contributed by atoms with Crippen molar-refractivity contribution >= 4 is 76.7 Å². The molecule has 1 amide bonds. The van der Waals surface area contributed by atoms with Crippen molar-refractivity contribution in [2.75, 3.05) is 34.0 Å². The van der Waals surface area contributed by atoms with E-state index in [1.807, 2.05) is 0 Å². The van der Waals surface area contributed by atoms with Crippen LogP contribution in [-0.4, -0.2) is 82.0 Å². The summed E-state index contributed by atoms with van der Waals surface area (Å²) >= 11 is 19.0. The van der Waals surface area contributed by atoms with Crippen molar-refractivity contribution in [1.82, 2.24) is 10.6 Å². The zero-order chi connectivity index (χ0) is 46.4. The first-order valence-corrected chi connectivity index (χ1v) is 20.0. The molecule has 4 rings (SSSR count). The Kier molecular flexibility index (Phi) is 19.0. The lowest BCUT2D eigenvalue weighted by molar-refractivity contribution is -0.144. The number of nitrogens with one attached hydrogen (secondary N) is 2. The minimum Gasteiger partial charge on any atom is -0.466 e. The highest BCUT2D eigenvalue weighted by Crippen LogP contribution is 2.45. The molecule has 0 bridgehead atoms. The summed E-state index contributed by atoms with van der Waals surface area (Å²) in [5.41, 5.74) is 12.4. The number of rotatable bonds is 14. The first-order valence-electron chi connectivity index (χ1n) is 18.8. The van der Waals surface area contributed by atoms with E-state index >= 15 is 0 Å². The molecule has 0 saturated heterocycles. The van der Waals surface area contributed by atoms with Gasteiger partial charge in [0.25, 0.3) is 0 Å². The number of ether oxygens (including phenoxy) is 6. The van der Waals surface area contributed by atoms with Gasteiger partial charge in [-0.1, -0.05) is 65.1 Å². The van der Waals surface area contributed by atoms with E-state index in [1.54, 1.807) is 77.1 Å². The molecule has 2 aliphatic rings. The summed E-state index contributed by atoms with van der Waals surface area (Å²) in [6.45, 7) is 8.49. The number of amides is 1. The number of nitrogens with two attached hydrogens (primary N) is 2. The van der Waals surface area contributed by atoms with Gasteiger partial charge in [0.2, 0.25) is 0 Å². The van der Waals surface area contributed by atoms with E-state index in [-0.39, 0.29) is 69.9 Å². The van der Waals surface area contributed by atoms with Crippen LogP contribution in [0.2, 0.25) is 15.1 Å². The minimum absolute atomic E-state index is 0.0492. The Morgan fingerprint density at radius 1 is 0.677 bits per heavy atom. The summed E-state index contributed by atoms with van der Waals surface area (Å²) in [6, 6.07) is 11.6. The molecule has 17 nitrogen and oxygen atoms in total. The van der Waals surface area contributed by atoms with Crippen molar-refractivity contribution in [2.45, 2.75) is 65.4 Å². The average Bonchev–Trinajstić information content (AvgIpc) is 3.20. The lowest BCUT2D eigenvalue weighted by atomic mass is 9.79. The molecule has 20 heteroatoms. The maximum Gasteiger partial charge on any atom is 0.412 e. The number of methoxy groups -OCH3 is 2. The number of carbonyl (C=O) groups is 7. The van der Waals surface area contributed by atoms with Crippen LogP contribution in [0.4, 0.5) is 4.79 Å². The number of allylic oxidation sites excluding steroid dienone is 2. The van der Waals surface area contributed by atoms with Crippen molar-refractivity contribution in [3.05, 3.63) is 114 Å². The maximum absolute atomic E-state index is 13.2. The fourth-order valence-electron chi connectivity index (χ4n) is 6.54. The molecule has 2 atom stereocenters. The summed E-state index contributed by atoms with van der Waals surface area (Å²) in [5.74, 6) is -6.41. The fraction of sp³-hybridized carbons (Fsp3) is 0.357. The highest BCUT2D eigenvalue weighted by atomic mass is 35.5. The molecule has 2 unspecified atom stereocenters. The van der Waals surface area contributed by atoms with Crippen LogP contribution >= 0.6 is 34.8 Å². The van der Waals surface area contributed by atoms with Crippen molar-refractivity contribution < 1.29 is 62.0 Å². The second kappa shape index (κ2) is 23.4. The molecule has 0 spiro atoms. The molecular formula is C42H47Cl3N4O13. The molecule has 0 aliphatic carbocycles. The summed E-state index contributed by atoms with van der Waals surface area (Å²) < 4.78 is 29.9. The number of benzene rings is 2. The number of hydrogen-bond acceptors (Lipinski definition) is 16. The van der Waals surface area contributed by atoms with Crippen molar-refractivity contribution in [1.29, 1.82) is 0 Å². The molecule has 0 radical (unpaired) electrons. The number of esters is 6. The van der Waals surface area contributed by atoms with Crippen molar-refractivity contribution in [3.8, 4) is 0 Å². The normalized spacial score (nSPS) is 16.0. The molecule has 2 aromatic carbocycles. The third-order valence-corrected chi connectivity index (χ3v) is 10.1. The molecule has 2 heterocycles. The molecule has 2 aliphatic heterocycles. The van der Waals surface area contributed by atoms with Crippen LogP contribution in [0.5, 0.6) is 0 Å². The lowest BCUT2D eigenvalue weighted by Gasteiger charge is -2.32. The Morgan fingerprint density at radius 3 is 1.68 bits per heavy atom. The van der Waals surface area contributed by atoms with Crippen LogP contribution in [0.3, 0.4) is 0 Å². The Morgan fingerprint density at radius 2 is 1.18 bits per heavy atom. The van der Waals surface area contributed by atoms with Crippen LogP contribution in [0, 0.1) is 0 Å². The van der Waals surface area contributed by atoms with E-state index in [4.69, 9.17) is 70.0 Å². The molecule has 334 valence electrons. The molecule has 6 N–H and O–H groups in total. The van der Waals surface area contributed by atoms with Gasteiger partial charge in [0.1, 0.15) is 6.61 Å². The summed E-state index contributed by atoms with van der Waals surface area (Å²) in [6.07, 6.45) is -2.58. The SMILES string of the molecule is CCOC(=O)C1=C(CC(=O)OCCN)NC(C)=C(C(=O)OC)C1c1ccccc1Cl.COC(=O)C1=C(C)NC(CC(=O)OC(N)=O)=C(C(=O)OC(C)C)C1c1cccc(Cl)c1Cl. The smallest absolute Gasteiger partial charge is 0.412 e. The largest absolute Gasteiger partial charge is 0.466 e. The Labute approximate surface area is 372 Å². The summed E-state index contributed by atoms with van der Waals surface area (Å²) in [7, 11) is 2.44. The van der Waals surface area contributed by atoms with Crippen molar-refractivity contribution in [2.24, 2.45) is 11.5 Å². The van der Waals surface area contributed by atoms with E-state index in [1.165, 1.54) is 14.2 Å². The first-order chi connectivity index (χ1) is 29.3. The number of hydrogen-bond donors (Lipinski definition) is 4. The minimum atomic E-state index is -1.30. The quantitative estimate of drug-likeness (QED) is 0.103. The Bertz CT molecular complexity index is 2230. The van der Waals surface area contributed by atoms with Gasteiger partial charge < -0.3 is 50.5 Å². The number of dihydropyridines is 2. The van der Waals surface area contributed by atoms with E-state index in [2.05, 4.69) is 15.4 Å². The topological polar surface area (TPSA) is 251 Å². The van der Waals surface area contributed by atoms with Gasteiger partial charge in [0.15, 0.2) is 0 Å². The van der Waals surface area contributed by atoms with Gasteiger partial charge in [-0.25, -0.2) is 24.0 Å². The lowest BCUT2D eigenvalue weighted by Crippen LogP contribution is -2.35. The van der Waals surface area contributed by atoms with Gasteiger partial charge in [-0.15, -0.1) is 0 Å². The van der Waals surface area contributed by atoms with E-state index in [0.29, 0.717) is 27.5 Å². The molecule has 0 fully saturated rings. The summed E-state index contributed by atoms with van der Waals surface area (Å²) in [4.78, 5) is 86.8. The van der Waals surface area contributed by atoms with Crippen LogP contribution in [-0.2, 0) is 57.2 Å². The van der Waals surface area contributed by atoms with Gasteiger partial charge in [-0.05, 0) is 57.9 Å². The highest BCUT2D eigenvalue weighted by molar-refractivity contribution is 6.42. The maximum atomic E-state index is 13.2. The van der Waals surface area contributed by atoms with Crippen LogP contribution < -0.4 is 22.1 Å². The second-order valence-electron chi connectivity index (χ2n) is 13.5. The zero-order valence-electron chi connectivity index (χ0n) is 34.9. The van der Waals surface area contributed by atoms with Crippen LogP contribution in [0.25, 0.3) is 0 Å². The average molecular weight is 922 g/mol. The van der Waals surface area contributed by atoms with Gasteiger partial charge in [0, 0.05) is 34.4 Å². The fourth-order valence-corrected chi connectivity index (χ4v) is 7.20. The standard InChI is InChI=1S/C21H22Cl2N2O7.C21H25ClN2O6/c1-9(2)31-20(28)17-13(8-14(26)32-21(24)29)25-10(3)15(19(27)30-4)16(17)11-6-5-7-12(22)18(11)23;1-4-29-21(27)19-15(11-16(25)30-10-9-23)24-12(2)17(20(26)28-3)18(19)13-7-5-6-8-14(13)22/h5-7,9,16,25H,8H2,1-4H3,(H2,24,29);5-8,18,24H,4,9-11,23H2,1-3H3. The van der Waals surface area contributed by atoms with Gasteiger partial charge in [-0.2, -0.15) is 0 Å². The molecule has 2 aromatic rings. The highest BCUT2D eigenvalue weighted by Gasteiger charge is 2.42. The molecule has 62 heavy (non-hydrogen) atoms. The van der Waals surface area contributed by atoms with Crippen molar-refractivity contribution in [3.63, 3.8) is 0 Å². The van der Waals surface area contributed by atoms with Gasteiger partial charge >= 0.3 is 41.9 Å². The first kappa shape index (κ1) is 50.5. The molecular weight excluding hydrogens is 875 g/mol. The van der Waals surface area contributed by atoms with Gasteiger partial charge in [0.05, 0.1) is 83.9 Å². The number of carbonyl (C=O) groups excluding carboxylic acids is 7. The van der Waals surface area contributed by atoms with E-state index in [9.17, 15) is 33.6 Å². The third kappa shape index (κ3) is 12.6.